The van der Waals surface area contributed by atoms with Crippen molar-refractivity contribution in [1.29, 1.82) is 0 Å². The molecule has 1 aromatic heterocycles. The van der Waals surface area contributed by atoms with Gasteiger partial charge in [0.2, 0.25) is 10.0 Å². The van der Waals surface area contributed by atoms with Crippen LogP contribution in [0.15, 0.2) is 75.1 Å². The van der Waals surface area contributed by atoms with Crippen molar-refractivity contribution in [3.63, 3.8) is 0 Å². The van der Waals surface area contributed by atoms with E-state index >= 15 is 0 Å². The Hall–Kier alpha value is -2.07. The third-order valence-corrected chi connectivity index (χ3v) is 9.10. The van der Waals surface area contributed by atoms with Crippen molar-refractivity contribution in [1.82, 2.24) is 4.72 Å². The first-order valence-corrected chi connectivity index (χ1v) is 12.2. The third-order valence-electron chi connectivity index (χ3n) is 4.15. The zero-order valence-electron chi connectivity index (χ0n) is 14.9. The summed E-state index contributed by atoms with van der Waals surface area (Å²) >= 11 is 1.05. The fraction of sp³-hybridized carbons (Fsp3) is 0.158. The number of hydrogen-bond acceptors (Lipinski definition) is 5. The van der Waals surface area contributed by atoms with Crippen LogP contribution in [-0.4, -0.2) is 23.4 Å². The van der Waals surface area contributed by atoms with E-state index in [4.69, 9.17) is 0 Å². The van der Waals surface area contributed by atoms with Crippen LogP contribution in [0, 0.1) is 12.7 Å². The normalized spacial score (nSPS) is 13.4. The van der Waals surface area contributed by atoms with E-state index < -0.39 is 30.9 Å². The van der Waals surface area contributed by atoms with Crippen molar-refractivity contribution < 1.29 is 21.2 Å². The fourth-order valence-corrected chi connectivity index (χ4v) is 6.82. The predicted molar refractivity (Wildman–Crippen MR) is 107 cm³/mol. The van der Waals surface area contributed by atoms with Crippen LogP contribution in [0.5, 0.6) is 0 Å². The van der Waals surface area contributed by atoms with E-state index in [-0.39, 0.29) is 15.6 Å². The van der Waals surface area contributed by atoms with Gasteiger partial charge >= 0.3 is 0 Å². The number of nitrogens with one attached hydrogen (secondary N) is 1. The second-order valence-electron chi connectivity index (χ2n) is 6.19. The number of sulfonamides is 1. The molecule has 1 N–H and O–H groups in total. The van der Waals surface area contributed by atoms with Crippen molar-refractivity contribution in [2.24, 2.45) is 0 Å². The van der Waals surface area contributed by atoms with Crippen LogP contribution in [0.2, 0.25) is 0 Å². The van der Waals surface area contributed by atoms with E-state index in [0.717, 1.165) is 29.0 Å². The van der Waals surface area contributed by atoms with Gasteiger partial charge in [-0.15, -0.1) is 11.3 Å². The average molecular weight is 440 g/mol. The smallest absolute Gasteiger partial charge is 0.222 e. The molecule has 1 heterocycles. The fourth-order valence-electron chi connectivity index (χ4n) is 2.70. The Bertz CT molecular complexity index is 1160. The van der Waals surface area contributed by atoms with E-state index in [0.29, 0.717) is 5.56 Å². The van der Waals surface area contributed by atoms with Crippen molar-refractivity contribution >= 4 is 31.2 Å². The van der Waals surface area contributed by atoms with E-state index in [1.165, 1.54) is 30.3 Å². The minimum atomic E-state index is -3.91. The summed E-state index contributed by atoms with van der Waals surface area (Å²) in [6, 6.07) is 14.4. The summed E-state index contributed by atoms with van der Waals surface area (Å²) in [5.74, 6) is -0.503. The molecule has 0 saturated heterocycles. The van der Waals surface area contributed by atoms with Crippen molar-refractivity contribution in [3.8, 4) is 0 Å². The first kappa shape index (κ1) is 20.7. The molecule has 0 saturated carbocycles. The zero-order chi connectivity index (χ0) is 20.4. The van der Waals surface area contributed by atoms with E-state index in [1.54, 1.807) is 30.5 Å². The molecule has 148 valence electrons. The van der Waals surface area contributed by atoms with Crippen LogP contribution >= 0.6 is 11.3 Å². The van der Waals surface area contributed by atoms with Gasteiger partial charge in [-0.05, 0) is 53.8 Å². The molecule has 0 aliphatic heterocycles. The van der Waals surface area contributed by atoms with Gasteiger partial charge in [0.15, 0.2) is 9.84 Å². The maximum Gasteiger partial charge on any atom is 0.240 e. The standard InChI is InChI=1S/C19H18FNO4S3/c1-14-4-2-5-17(12-14)28(24,25)21-13-18(15-7-9-16(20)10-8-15)27(22,23)19-6-3-11-26-19/h2-12,18,21H,13H2,1H3/t18-/m1/s1. The maximum absolute atomic E-state index is 13.3. The Morgan fingerprint density at radius 3 is 2.32 bits per heavy atom. The molecule has 0 fully saturated rings. The Morgan fingerprint density at radius 2 is 1.71 bits per heavy atom. The topological polar surface area (TPSA) is 80.3 Å². The minimum Gasteiger partial charge on any atom is -0.222 e. The molecule has 0 amide bonds. The average Bonchev–Trinajstić information content (AvgIpc) is 3.19. The molecule has 0 radical (unpaired) electrons. The lowest BCUT2D eigenvalue weighted by Crippen LogP contribution is -2.31. The first-order valence-electron chi connectivity index (χ1n) is 8.29. The van der Waals surface area contributed by atoms with Gasteiger partial charge in [-0.3, -0.25) is 0 Å². The second-order valence-corrected chi connectivity index (χ2v) is 11.3. The Balaban J connectivity index is 1.95. The highest BCUT2D eigenvalue weighted by Gasteiger charge is 2.31. The molecule has 0 bridgehead atoms. The van der Waals surface area contributed by atoms with Crippen LogP contribution in [0.3, 0.4) is 0 Å². The number of rotatable bonds is 7. The lowest BCUT2D eigenvalue weighted by atomic mass is 10.1. The molecule has 0 aliphatic carbocycles. The molecular weight excluding hydrogens is 421 g/mol. The number of sulfone groups is 1. The minimum absolute atomic E-state index is 0.0545. The van der Waals surface area contributed by atoms with Crippen molar-refractivity contribution in [2.75, 3.05) is 6.54 Å². The lowest BCUT2D eigenvalue weighted by Gasteiger charge is -2.18. The SMILES string of the molecule is Cc1cccc(S(=O)(=O)NC[C@H](c2ccc(F)cc2)S(=O)(=O)c2cccs2)c1. The molecular formula is C19H18FNO4S3. The maximum atomic E-state index is 13.3. The summed E-state index contributed by atoms with van der Waals surface area (Å²) < 4.78 is 67.2. The van der Waals surface area contributed by atoms with Gasteiger partial charge in [-0.1, -0.05) is 30.3 Å². The zero-order valence-corrected chi connectivity index (χ0v) is 17.3. The van der Waals surface area contributed by atoms with E-state index in [9.17, 15) is 21.2 Å². The summed E-state index contributed by atoms with van der Waals surface area (Å²) in [4.78, 5) is 0.0545. The van der Waals surface area contributed by atoms with Crippen LogP contribution in [0.25, 0.3) is 0 Å². The Kier molecular flexibility index (Phi) is 5.99. The van der Waals surface area contributed by atoms with Gasteiger partial charge in [-0.25, -0.2) is 25.9 Å². The Morgan fingerprint density at radius 1 is 1.00 bits per heavy atom. The molecule has 0 unspecified atom stereocenters. The monoisotopic (exact) mass is 439 g/mol. The summed E-state index contributed by atoms with van der Waals surface area (Å²) in [6.07, 6.45) is 0. The van der Waals surface area contributed by atoms with E-state index in [2.05, 4.69) is 4.72 Å². The first-order chi connectivity index (χ1) is 13.2. The molecule has 3 rings (SSSR count). The molecule has 3 aromatic rings. The molecule has 1 atom stereocenters. The third kappa shape index (κ3) is 4.49. The number of hydrogen-bond donors (Lipinski definition) is 1. The van der Waals surface area contributed by atoms with Gasteiger partial charge < -0.3 is 0 Å². The highest BCUT2D eigenvalue weighted by molar-refractivity contribution is 7.93. The highest BCUT2D eigenvalue weighted by atomic mass is 32.2. The summed E-state index contributed by atoms with van der Waals surface area (Å²) in [5.41, 5.74) is 1.07. The molecule has 9 heteroatoms. The largest absolute Gasteiger partial charge is 0.240 e. The van der Waals surface area contributed by atoms with Gasteiger partial charge in [0, 0.05) is 6.54 Å². The summed E-state index contributed by atoms with van der Waals surface area (Å²) in [7, 11) is -7.78. The lowest BCUT2D eigenvalue weighted by molar-refractivity contribution is 0.569. The molecule has 0 aliphatic rings. The van der Waals surface area contributed by atoms with Crippen molar-refractivity contribution in [2.45, 2.75) is 21.3 Å². The predicted octanol–water partition coefficient (Wildman–Crippen LogP) is 3.69. The van der Waals surface area contributed by atoms with Crippen LogP contribution in [0.4, 0.5) is 4.39 Å². The summed E-state index contributed by atoms with van der Waals surface area (Å²) in [5, 5.41) is 0.442. The number of aryl methyl sites for hydroxylation is 1. The van der Waals surface area contributed by atoms with Crippen molar-refractivity contribution in [3.05, 3.63) is 83.0 Å². The molecule has 28 heavy (non-hydrogen) atoms. The number of benzene rings is 2. The van der Waals surface area contributed by atoms with Crippen LogP contribution < -0.4 is 4.72 Å². The van der Waals surface area contributed by atoms with Gasteiger partial charge in [-0.2, -0.15) is 0 Å². The highest BCUT2D eigenvalue weighted by Crippen LogP contribution is 2.31. The van der Waals surface area contributed by atoms with Crippen LogP contribution in [-0.2, 0) is 19.9 Å². The molecule has 2 aromatic carbocycles. The molecule has 5 nitrogen and oxygen atoms in total. The van der Waals surface area contributed by atoms with Gasteiger partial charge in [0.25, 0.3) is 0 Å². The van der Waals surface area contributed by atoms with Gasteiger partial charge in [0.05, 0.1) is 4.90 Å². The van der Waals surface area contributed by atoms with E-state index in [1.807, 2.05) is 0 Å². The number of halogens is 1. The van der Waals surface area contributed by atoms with Crippen LogP contribution in [0.1, 0.15) is 16.4 Å². The summed E-state index contributed by atoms with van der Waals surface area (Å²) in [6.45, 7) is 1.39. The second kappa shape index (κ2) is 8.12. The quantitative estimate of drug-likeness (QED) is 0.609. The number of thiophene rings is 1. The Labute approximate surface area is 167 Å². The van der Waals surface area contributed by atoms with Gasteiger partial charge in [0.1, 0.15) is 15.3 Å². The molecule has 0 spiro atoms.